The minimum Gasteiger partial charge on any atom is -0.271 e. The SMILES string of the molecule is CC(C)n1ncc(Cl)c1C(NN)C1CCCCC1. The summed E-state index contributed by atoms with van der Waals surface area (Å²) in [6.45, 7) is 4.22. The fourth-order valence-electron chi connectivity index (χ4n) is 2.96. The maximum Gasteiger partial charge on any atom is 0.0834 e. The van der Waals surface area contributed by atoms with Crippen LogP contribution in [0.15, 0.2) is 6.20 Å². The third kappa shape index (κ3) is 2.71. The van der Waals surface area contributed by atoms with Gasteiger partial charge in [0, 0.05) is 6.04 Å². The first kappa shape index (κ1) is 13.8. The Kier molecular flexibility index (Phi) is 4.65. The molecule has 1 aliphatic carbocycles. The lowest BCUT2D eigenvalue weighted by Crippen LogP contribution is -2.36. The van der Waals surface area contributed by atoms with Crippen LogP contribution < -0.4 is 11.3 Å². The maximum absolute atomic E-state index is 6.30. The van der Waals surface area contributed by atoms with E-state index in [0.717, 1.165) is 10.7 Å². The van der Waals surface area contributed by atoms with E-state index in [9.17, 15) is 0 Å². The van der Waals surface area contributed by atoms with Crippen LogP contribution in [0.4, 0.5) is 0 Å². The van der Waals surface area contributed by atoms with Gasteiger partial charge in [-0.15, -0.1) is 0 Å². The van der Waals surface area contributed by atoms with Crippen LogP contribution in [-0.2, 0) is 0 Å². The van der Waals surface area contributed by atoms with Crippen LogP contribution in [0.3, 0.4) is 0 Å². The molecule has 0 aliphatic heterocycles. The third-order valence-corrected chi connectivity index (χ3v) is 4.16. The van der Waals surface area contributed by atoms with Crippen molar-refractivity contribution in [1.82, 2.24) is 15.2 Å². The van der Waals surface area contributed by atoms with Gasteiger partial charge in [-0.1, -0.05) is 30.9 Å². The van der Waals surface area contributed by atoms with Crippen molar-refractivity contribution in [1.29, 1.82) is 0 Å². The van der Waals surface area contributed by atoms with Crippen molar-refractivity contribution in [3.8, 4) is 0 Å². The van der Waals surface area contributed by atoms with Crippen molar-refractivity contribution >= 4 is 11.6 Å². The largest absolute Gasteiger partial charge is 0.271 e. The fourth-order valence-corrected chi connectivity index (χ4v) is 3.21. The molecule has 0 aromatic carbocycles. The Bertz CT molecular complexity index is 382. The van der Waals surface area contributed by atoms with Crippen LogP contribution in [0.2, 0.25) is 5.02 Å². The van der Waals surface area contributed by atoms with Gasteiger partial charge in [0.15, 0.2) is 0 Å². The summed E-state index contributed by atoms with van der Waals surface area (Å²) in [7, 11) is 0. The summed E-state index contributed by atoms with van der Waals surface area (Å²) in [6.07, 6.45) is 8.07. The van der Waals surface area contributed by atoms with Crippen molar-refractivity contribution in [3.63, 3.8) is 0 Å². The zero-order valence-corrected chi connectivity index (χ0v) is 12.0. The lowest BCUT2D eigenvalue weighted by molar-refractivity contribution is 0.260. The summed E-state index contributed by atoms with van der Waals surface area (Å²) in [5.41, 5.74) is 4.01. The van der Waals surface area contributed by atoms with Crippen LogP contribution in [0.5, 0.6) is 0 Å². The number of hydrazine groups is 1. The predicted molar refractivity (Wildman–Crippen MR) is 74.3 cm³/mol. The molecule has 1 fully saturated rings. The zero-order valence-electron chi connectivity index (χ0n) is 11.2. The first-order valence-electron chi connectivity index (χ1n) is 6.84. The number of hydrogen-bond acceptors (Lipinski definition) is 3. The van der Waals surface area contributed by atoms with E-state index >= 15 is 0 Å². The number of nitrogens with two attached hydrogens (primary N) is 1. The second-order valence-electron chi connectivity index (χ2n) is 5.46. The van der Waals surface area contributed by atoms with Crippen molar-refractivity contribution in [2.75, 3.05) is 0 Å². The molecule has 1 heterocycles. The quantitative estimate of drug-likeness (QED) is 0.653. The molecule has 1 aromatic rings. The lowest BCUT2D eigenvalue weighted by atomic mass is 9.83. The molecule has 3 N–H and O–H groups in total. The highest BCUT2D eigenvalue weighted by Crippen LogP contribution is 2.37. The number of halogens is 1. The molecule has 0 bridgehead atoms. The highest BCUT2D eigenvalue weighted by molar-refractivity contribution is 6.31. The Morgan fingerprint density at radius 2 is 2.06 bits per heavy atom. The second kappa shape index (κ2) is 6.04. The zero-order chi connectivity index (χ0) is 13.1. The minimum absolute atomic E-state index is 0.114. The monoisotopic (exact) mass is 270 g/mol. The molecule has 0 saturated heterocycles. The second-order valence-corrected chi connectivity index (χ2v) is 5.87. The van der Waals surface area contributed by atoms with Crippen LogP contribution >= 0.6 is 11.6 Å². The normalized spacial score (nSPS) is 19.4. The van der Waals surface area contributed by atoms with E-state index in [2.05, 4.69) is 24.4 Å². The Hall–Kier alpha value is -0.580. The highest BCUT2D eigenvalue weighted by Gasteiger charge is 2.29. The van der Waals surface area contributed by atoms with E-state index < -0.39 is 0 Å². The molecule has 1 atom stereocenters. The molecular formula is C13H23ClN4. The van der Waals surface area contributed by atoms with Gasteiger partial charge in [0.1, 0.15) is 0 Å². The molecule has 1 aromatic heterocycles. The summed E-state index contributed by atoms with van der Waals surface area (Å²) >= 11 is 6.30. The van der Waals surface area contributed by atoms with Crippen LogP contribution in [0.1, 0.15) is 63.7 Å². The van der Waals surface area contributed by atoms with E-state index in [4.69, 9.17) is 17.4 Å². The number of rotatable bonds is 4. The predicted octanol–water partition coefficient (Wildman–Crippen LogP) is 3.20. The first-order chi connectivity index (χ1) is 8.65. The standard InChI is InChI=1S/C13H23ClN4/c1-9(2)18-13(11(14)8-16-18)12(17-15)10-6-4-3-5-7-10/h8-10,12,17H,3-7,15H2,1-2H3. The van der Waals surface area contributed by atoms with Crippen molar-refractivity contribution in [2.24, 2.45) is 11.8 Å². The van der Waals surface area contributed by atoms with Gasteiger partial charge in [-0.3, -0.25) is 16.0 Å². The fraction of sp³-hybridized carbons (Fsp3) is 0.769. The van der Waals surface area contributed by atoms with Gasteiger partial charge in [0.2, 0.25) is 0 Å². The Morgan fingerprint density at radius 1 is 1.39 bits per heavy atom. The van der Waals surface area contributed by atoms with E-state index in [-0.39, 0.29) is 6.04 Å². The van der Waals surface area contributed by atoms with Gasteiger partial charge in [0.05, 0.1) is 23.0 Å². The average molecular weight is 271 g/mol. The summed E-state index contributed by atoms with van der Waals surface area (Å²) in [4.78, 5) is 0. The van der Waals surface area contributed by atoms with Gasteiger partial charge in [-0.2, -0.15) is 5.10 Å². The van der Waals surface area contributed by atoms with E-state index in [1.807, 2.05) is 4.68 Å². The molecule has 2 rings (SSSR count). The molecule has 1 saturated carbocycles. The van der Waals surface area contributed by atoms with E-state index in [0.29, 0.717) is 12.0 Å². The number of aromatic nitrogens is 2. The topological polar surface area (TPSA) is 55.9 Å². The third-order valence-electron chi connectivity index (χ3n) is 3.87. The number of nitrogens with one attached hydrogen (secondary N) is 1. The Balaban J connectivity index is 2.28. The smallest absolute Gasteiger partial charge is 0.0834 e. The van der Waals surface area contributed by atoms with Crippen LogP contribution in [-0.4, -0.2) is 9.78 Å². The van der Waals surface area contributed by atoms with Gasteiger partial charge in [-0.05, 0) is 32.6 Å². The Morgan fingerprint density at radius 3 is 2.61 bits per heavy atom. The van der Waals surface area contributed by atoms with Gasteiger partial charge < -0.3 is 0 Å². The van der Waals surface area contributed by atoms with Gasteiger partial charge in [-0.25, -0.2) is 0 Å². The first-order valence-corrected chi connectivity index (χ1v) is 7.22. The molecule has 0 spiro atoms. The van der Waals surface area contributed by atoms with Crippen molar-refractivity contribution < 1.29 is 0 Å². The van der Waals surface area contributed by atoms with E-state index in [1.165, 1.54) is 32.1 Å². The molecule has 18 heavy (non-hydrogen) atoms. The summed E-state index contributed by atoms with van der Waals surface area (Å²) in [5.74, 6) is 6.35. The van der Waals surface area contributed by atoms with Crippen molar-refractivity contribution in [2.45, 2.75) is 58.0 Å². The Labute approximate surface area is 114 Å². The van der Waals surface area contributed by atoms with Crippen LogP contribution in [0, 0.1) is 5.92 Å². The van der Waals surface area contributed by atoms with Crippen LogP contribution in [0.25, 0.3) is 0 Å². The molecule has 0 amide bonds. The summed E-state index contributed by atoms with van der Waals surface area (Å²) < 4.78 is 1.99. The molecule has 5 heteroatoms. The number of nitrogens with zero attached hydrogens (tertiary/aromatic N) is 2. The van der Waals surface area contributed by atoms with Gasteiger partial charge >= 0.3 is 0 Å². The van der Waals surface area contributed by atoms with Crippen molar-refractivity contribution in [3.05, 3.63) is 16.9 Å². The molecule has 1 aliphatic rings. The molecule has 4 nitrogen and oxygen atoms in total. The number of hydrogen-bond donors (Lipinski definition) is 2. The lowest BCUT2D eigenvalue weighted by Gasteiger charge is -2.31. The maximum atomic E-state index is 6.30. The molecule has 0 radical (unpaired) electrons. The van der Waals surface area contributed by atoms with E-state index in [1.54, 1.807) is 6.20 Å². The molecule has 1 unspecified atom stereocenters. The molecule has 102 valence electrons. The summed E-state index contributed by atoms with van der Waals surface area (Å²) in [6, 6.07) is 0.412. The van der Waals surface area contributed by atoms with Gasteiger partial charge in [0.25, 0.3) is 0 Å². The molecular weight excluding hydrogens is 248 g/mol. The minimum atomic E-state index is 0.114. The highest BCUT2D eigenvalue weighted by atomic mass is 35.5. The average Bonchev–Trinajstić information content (AvgIpc) is 2.74. The summed E-state index contributed by atoms with van der Waals surface area (Å²) in [5, 5.41) is 5.09.